The lowest BCUT2D eigenvalue weighted by Gasteiger charge is -2.24. The maximum Gasteiger partial charge on any atom is 0.217 e. The number of hydrogen-bond donors (Lipinski definition) is 1. The van der Waals surface area contributed by atoms with Gasteiger partial charge >= 0.3 is 0 Å². The van der Waals surface area contributed by atoms with Crippen LogP contribution in [-0.4, -0.2) is 10.9 Å². The van der Waals surface area contributed by atoms with Gasteiger partial charge in [-0.1, -0.05) is 6.07 Å². The molecule has 0 radical (unpaired) electrons. The highest BCUT2D eigenvalue weighted by Gasteiger charge is 2.22. The Morgan fingerprint density at radius 2 is 2.14 bits per heavy atom. The van der Waals surface area contributed by atoms with Crippen molar-refractivity contribution >= 4 is 21.8 Å². The Balaban J connectivity index is 2.97. The lowest BCUT2D eigenvalue weighted by Crippen LogP contribution is -2.40. The predicted octanol–water partition coefficient (Wildman–Crippen LogP) is 2.22. The van der Waals surface area contributed by atoms with Crippen LogP contribution in [0.25, 0.3) is 0 Å². The minimum atomic E-state index is -0.435. The van der Waals surface area contributed by atoms with Gasteiger partial charge in [-0.3, -0.25) is 4.79 Å². The monoisotopic (exact) mass is 256 g/mol. The average Bonchev–Trinajstić information content (AvgIpc) is 2.01. The second-order valence-corrected chi connectivity index (χ2v) is 4.46. The summed E-state index contributed by atoms with van der Waals surface area (Å²) in [4.78, 5) is 15.3. The quantitative estimate of drug-likeness (QED) is 0.825. The molecule has 1 aromatic rings. The first-order valence-electron chi connectivity index (χ1n) is 4.33. The first-order valence-corrected chi connectivity index (χ1v) is 5.13. The van der Waals surface area contributed by atoms with Gasteiger partial charge in [0.05, 0.1) is 11.2 Å². The summed E-state index contributed by atoms with van der Waals surface area (Å²) in [6.45, 7) is 5.34. The van der Waals surface area contributed by atoms with Crippen LogP contribution in [0.1, 0.15) is 26.5 Å². The van der Waals surface area contributed by atoms with Crippen molar-refractivity contribution in [2.45, 2.75) is 26.3 Å². The first kappa shape index (κ1) is 11.2. The summed E-state index contributed by atoms with van der Waals surface area (Å²) in [7, 11) is 0. The molecule has 0 aromatic carbocycles. The van der Waals surface area contributed by atoms with Crippen LogP contribution in [0.15, 0.2) is 22.8 Å². The highest BCUT2D eigenvalue weighted by molar-refractivity contribution is 9.10. The molecule has 76 valence electrons. The van der Waals surface area contributed by atoms with Crippen molar-refractivity contribution in [2.24, 2.45) is 0 Å². The first-order chi connectivity index (χ1) is 6.42. The number of rotatable bonds is 2. The van der Waals surface area contributed by atoms with Crippen LogP contribution in [0.3, 0.4) is 0 Å². The standard InChI is InChI=1S/C10H13BrN2O/c1-7(14)13-10(2,3)8-5-4-6-9(11)12-8/h4-6H,1-3H3,(H,13,14). The Morgan fingerprint density at radius 3 is 2.64 bits per heavy atom. The van der Waals surface area contributed by atoms with E-state index in [1.165, 1.54) is 6.92 Å². The molecule has 1 aromatic heterocycles. The van der Waals surface area contributed by atoms with E-state index in [4.69, 9.17) is 0 Å². The third-order valence-electron chi connectivity index (χ3n) is 1.84. The number of amides is 1. The summed E-state index contributed by atoms with van der Waals surface area (Å²) in [5.41, 5.74) is 0.400. The molecule has 0 spiro atoms. The minimum absolute atomic E-state index is 0.0585. The summed E-state index contributed by atoms with van der Waals surface area (Å²) >= 11 is 3.30. The third-order valence-corrected chi connectivity index (χ3v) is 2.29. The number of nitrogens with zero attached hydrogens (tertiary/aromatic N) is 1. The molecular weight excluding hydrogens is 244 g/mol. The molecule has 0 atom stereocenters. The van der Waals surface area contributed by atoms with Crippen LogP contribution in [0.4, 0.5) is 0 Å². The molecule has 1 N–H and O–H groups in total. The molecule has 1 amide bonds. The van der Waals surface area contributed by atoms with Gasteiger partial charge in [0.2, 0.25) is 5.91 Å². The fourth-order valence-electron chi connectivity index (χ4n) is 1.26. The summed E-state index contributed by atoms with van der Waals surface area (Å²) < 4.78 is 0.772. The van der Waals surface area contributed by atoms with Gasteiger partial charge < -0.3 is 5.32 Å². The summed E-state index contributed by atoms with van der Waals surface area (Å²) in [5, 5.41) is 2.84. The van der Waals surface area contributed by atoms with Crippen molar-refractivity contribution in [3.8, 4) is 0 Å². The highest BCUT2D eigenvalue weighted by Crippen LogP contribution is 2.19. The Morgan fingerprint density at radius 1 is 1.50 bits per heavy atom. The number of carbonyl (C=O) groups is 1. The topological polar surface area (TPSA) is 42.0 Å². The normalized spacial score (nSPS) is 11.1. The van der Waals surface area contributed by atoms with Gasteiger partial charge in [-0.25, -0.2) is 4.98 Å². The van der Waals surface area contributed by atoms with Crippen molar-refractivity contribution in [1.29, 1.82) is 0 Å². The van der Waals surface area contributed by atoms with Crippen LogP contribution in [0, 0.1) is 0 Å². The number of aromatic nitrogens is 1. The molecule has 0 aliphatic rings. The van der Waals surface area contributed by atoms with Crippen LogP contribution < -0.4 is 5.32 Å². The summed E-state index contributed by atoms with van der Waals surface area (Å²) in [5.74, 6) is -0.0585. The van der Waals surface area contributed by atoms with Gasteiger partial charge in [0.25, 0.3) is 0 Å². The van der Waals surface area contributed by atoms with Crippen LogP contribution in [-0.2, 0) is 10.3 Å². The molecular formula is C10H13BrN2O. The zero-order valence-electron chi connectivity index (χ0n) is 8.47. The average molecular weight is 257 g/mol. The molecule has 14 heavy (non-hydrogen) atoms. The second-order valence-electron chi connectivity index (χ2n) is 3.65. The molecule has 3 nitrogen and oxygen atoms in total. The number of carbonyl (C=O) groups excluding carboxylic acids is 1. The van der Waals surface area contributed by atoms with Gasteiger partial charge in [-0.2, -0.15) is 0 Å². The number of halogens is 1. The smallest absolute Gasteiger partial charge is 0.217 e. The lowest BCUT2D eigenvalue weighted by atomic mass is 10.00. The molecule has 0 saturated carbocycles. The van der Waals surface area contributed by atoms with Gasteiger partial charge in [-0.05, 0) is 41.9 Å². The largest absolute Gasteiger partial charge is 0.346 e. The van der Waals surface area contributed by atoms with E-state index in [0.717, 1.165) is 10.3 Å². The van der Waals surface area contributed by atoms with E-state index < -0.39 is 5.54 Å². The second kappa shape index (κ2) is 4.09. The maximum absolute atomic E-state index is 11.0. The van der Waals surface area contributed by atoms with E-state index in [2.05, 4.69) is 26.2 Å². The molecule has 0 aliphatic heterocycles. The van der Waals surface area contributed by atoms with E-state index in [1.54, 1.807) is 0 Å². The van der Waals surface area contributed by atoms with Crippen molar-refractivity contribution in [2.75, 3.05) is 0 Å². The number of hydrogen-bond acceptors (Lipinski definition) is 2. The van der Waals surface area contributed by atoms with Gasteiger partial charge in [0, 0.05) is 6.92 Å². The van der Waals surface area contributed by atoms with Crippen LogP contribution in [0.2, 0.25) is 0 Å². The van der Waals surface area contributed by atoms with E-state index in [1.807, 2.05) is 32.0 Å². The van der Waals surface area contributed by atoms with Crippen molar-refractivity contribution in [1.82, 2.24) is 10.3 Å². The van der Waals surface area contributed by atoms with Gasteiger partial charge in [-0.15, -0.1) is 0 Å². The van der Waals surface area contributed by atoms with E-state index in [-0.39, 0.29) is 5.91 Å². The summed E-state index contributed by atoms with van der Waals surface area (Å²) in [6, 6.07) is 5.64. The molecule has 0 bridgehead atoms. The lowest BCUT2D eigenvalue weighted by molar-refractivity contribution is -0.120. The van der Waals surface area contributed by atoms with Gasteiger partial charge in [0.15, 0.2) is 0 Å². The van der Waals surface area contributed by atoms with E-state index in [9.17, 15) is 4.79 Å². The highest BCUT2D eigenvalue weighted by atomic mass is 79.9. The zero-order valence-corrected chi connectivity index (χ0v) is 10.1. The summed E-state index contributed by atoms with van der Waals surface area (Å²) in [6.07, 6.45) is 0. The fourth-order valence-corrected chi connectivity index (χ4v) is 1.60. The SMILES string of the molecule is CC(=O)NC(C)(C)c1cccc(Br)n1. The van der Waals surface area contributed by atoms with Crippen molar-refractivity contribution in [3.63, 3.8) is 0 Å². The van der Waals surface area contributed by atoms with E-state index >= 15 is 0 Å². The molecule has 1 heterocycles. The molecule has 0 saturated heterocycles. The van der Waals surface area contributed by atoms with Crippen LogP contribution >= 0.6 is 15.9 Å². The Hall–Kier alpha value is -0.900. The zero-order chi connectivity index (χ0) is 10.8. The molecule has 4 heteroatoms. The molecule has 0 aliphatic carbocycles. The Labute approximate surface area is 92.1 Å². The molecule has 0 fully saturated rings. The van der Waals surface area contributed by atoms with E-state index in [0.29, 0.717) is 0 Å². The number of nitrogens with one attached hydrogen (secondary N) is 1. The van der Waals surface area contributed by atoms with Gasteiger partial charge in [0.1, 0.15) is 4.60 Å². The van der Waals surface area contributed by atoms with Crippen molar-refractivity contribution < 1.29 is 4.79 Å². The minimum Gasteiger partial charge on any atom is -0.346 e. The molecule has 0 unspecified atom stereocenters. The third kappa shape index (κ3) is 2.80. The van der Waals surface area contributed by atoms with Crippen LogP contribution in [0.5, 0.6) is 0 Å². The fraction of sp³-hybridized carbons (Fsp3) is 0.400. The maximum atomic E-state index is 11.0. The molecule has 1 rings (SSSR count). The Kier molecular flexibility index (Phi) is 3.26. The number of pyridine rings is 1. The predicted molar refractivity (Wildman–Crippen MR) is 58.8 cm³/mol. The Bertz CT molecular complexity index is 350. The van der Waals surface area contributed by atoms with Crippen molar-refractivity contribution in [3.05, 3.63) is 28.5 Å².